The van der Waals surface area contributed by atoms with Gasteiger partial charge in [0.05, 0.1) is 22.6 Å². The van der Waals surface area contributed by atoms with E-state index in [4.69, 9.17) is 4.74 Å². The lowest BCUT2D eigenvalue weighted by Crippen LogP contribution is -2.58. The monoisotopic (exact) mass is 396 g/mol. The number of hydrogen-bond donors (Lipinski definition) is 0. The van der Waals surface area contributed by atoms with Gasteiger partial charge in [-0.3, -0.25) is 4.79 Å². The van der Waals surface area contributed by atoms with Crippen molar-refractivity contribution in [2.45, 2.75) is 32.3 Å². The molecule has 2 aliphatic rings. The maximum Gasteiger partial charge on any atom is 0.263 e. The number of aromatic nitrogens is 1. The highest BCUT2D eigenvalue weighted by Gasteiger charge is 2.41. The Morgan fingerprint density at radius 1 is 1.32 bits per heavy atom. The third-order valence-corrected chi connectivity index (χ3v) is 6.54. The maximum absolute atomic E-state index is 12.6. The van der Waals surface area contributed by atoms with E-state index in [0.29, 0.717) is 31.8 Å². The average molecular weight is 397 g/mol. The summed E-state index contributed by atoms with van der Waals surface area (Å²) in [5, 5.41) is 11.6. The van der Waals surface area contributed by atoms with Gasteiger partial charge in [0.15, 0.2) is 0 Å². The first kappa shape index (κ1) is 18.9. The number of nitriles is 1. The molecule has 0 radical (unpaired) electrons. The number of rotatable bonds is 2. The number of carbonyl (C=O) groups excluding carboxylic acids is 1. The third kappa shape index (κ3) is 3.50. The Balaban J connectivity index is 1.49. The summed E-state index contributed by atoms with van der Waals surface area (Å²) in [6, 6.07) is 8.06. The van der Waals surface area contributed by atoms with Crippen molar-refractivity contribution < 1.29 is 9.53 Å². The van der Waals surface area contributed by atoms with Crippen molar-refractivity contribution in [3.05, 3.63) is 45.3 Å². The van der Waals surface area contributed by atoms with Crippen LogP contribution in [-0.4, -0.2) is 54.2 Å². The average Bonchev–Trinajstić information content (AvgIpc) is 3.22. The molecule has 0 bridgehead atoms. The van der Waals surface area contributed by atoms with Gasteiger partial charge in [-0.25, -0.2) is 4.98 Å². The zero-order chi connectivity index (χ0) is 19.7. The third-order valence-electron chi connectivity index (χ3n) is 5.68. The number of nitrogens with zero attached hydrogens (tertiary/aromatic N) is 4. The van der Waals surface area contributed by atoms with E-state index >= 15 is 0 Å². The summed E-state index contributed by atoms with van der Waals surface area (Å²) in [5.74, 6) is 0.875. The smallest absolute Gasteiger partial charge is 0.263 e. The molecule has 4 heterocycles. The number of carbonyl (C=O) groups is 1. The molecule has 0 saturated carbocycles. The zero-order valence-electron chi connectivity index (χ0n) is 16.3. The van der Waals surface area contributed by atoms with E-state index in [1.165, 1.54) is 11.3 Å². The Morgan fingerprint density at radius 3 is 2.79 bits per heavy atom. The minimum atomic E-state index is -0.281. The Morgan fingerprint density at radius 2 is 2.11 bits per heavy atom. The predicted molar refractivity (Wildman–Crippen MR) is 109 cm³/mol. The lowest BCUT2D eigenvalue weighted by molar-refractivity contribution is -0.0870. The van der Waals surface area contributed by atoms with Gasteiger partial charge in [-0.05, 0) is 49.8 Å². The summed E-state index contributed by atoms with van der Waals surface area (Å²) < 4.78 is 6.22. The number of thiophene rings is 1. The van der Waals surface area contributed by atoms with Gasteiger partial charge < -0.3 is 14.5 Å². The second-order valence-electron chi connectivity index (χ2n) is 7.61. The highest BCUT2D eigenvalue weighted by Crippen LogP contribution is 2.34. The van der Waals surface area contributed by atoms with E-state index in [9.17, 15) is 10.1 Å². The summed E-state index contributed by atoms with van der Waals surface area (Å²) in [5.41, 5.74) is 2.24. The van der Waals surface area contributed by atoms with Crippen LogP contribution in [0.4, 0.5) is 5.82 Å². The van der Waals surface area contributed by atoms with Crippen molar-refractivity contribution in [3.8, 4) is 6.07 Å². The van der Waals surface area contributed by atoms with Crippen molar-refractivity contribution in [1.82, 2.24) is 9.88 Å². The molecule has 0 atom stereocenters. The van der Waals surface area contributed by atoms with Crippen LogP contribution in [0.2, 0.25) is 0 Å². The van der Waals surface area contributed by atoms with Gasteiger partial charge in [-0.15, -0.1) is 11.3 Å². The number of hydrogen-bond acceptors (Lipinski definition) is 6. The van der Waals surface area contributed by atoms with Crippen LogP contribution in [-0.2, 0) is 4.74 Å². The van der Waals surface area contributed by atoms with Crippen LogP contribution in [0.15, 0.2) is 23.6 Å². The van der Waals surface area contributed by atoms with Crippen molar-refractivity contribution in [1.29, 1.82) is 5.26 Å². The number of likely N-dealkylation sites (tertiary alicyclic amines) is 1. The fourth-order valence-corrected chi connectivity index (χ4v) is 4.88. The van der Waals surface area contributed by atoms with E-state index in [1.54, 1.807) is 0 Å². The molecular weight excluding hydrogens is 372 g/mol. The minimum Gasteiger partial charge on any atom is -0.371 e. The number of amides is 1. The Kier molecular flexibility index (Phi) is 5.09. The minimum absolute atomic E-state index is 0.111. The molecule has 7 heteroatoms. The number of morpholine rings is 1. The number of anilines is 1. The maximum atomic E-state index is 12.6. The van der Waals surface area contributed by atoms with Crippen LogP contribution in [0.3, 0.4) is 0 Å². The molecule has 2 saturated heterocycles. The van der Waals surface area contributed by atoms with Crippen molar-refractivity contribution in [3.63, 3.8) is 0 Å². The van der Waals surface area contributed by atoms with E-state index in [-0.39, 0.29) is 11.5 Å². The Bertz CT molecular complexity index is 911. The second kappa shape index (κ2) is 7.53. The first-order chi connectivity index (χ1) is 13.5. The molecule has 28 heavy (non-hydrogen) atoms. The predicted octanol–water partition coefficient (Wildman–Crippen LogP) is 3.14. The first-order valence-electron chi connectivity index (χ1n) is 9.61. The van der Waals surface area contributed by atoms with Crippen LogP contribution in [0.5, 0.6) is 0 Å². The highest BCUT2D eigenvalue weighted by atomic mass is 32.1. The lowest BCUT2D eigenvalue weighted by atomic mass is 9.89. The van der Waals surface area contributed by atoms with Gasteiger partial charge in [0.25, 0.3) is 5.91 Å². The summed E-state index contributed by atoms with van der Waals surface area (Å²) in [6.45, 7) is 7.34. The van der Waals surface area contributed by atoms with Crippen molar-refractivity contribution in [2.24, 2.45) is 0 Å². The van der Waals surface area contributed by atoms with E-state index in [1.807, 2.05) is 42.3 Å². The van der Waals surface area contributed by atoms with Crippen LogP contribution >= 0.6 is 11.3 Å². The molecule has 6 nitrogen and oxygen atoms in total. The van der Waals surface area contributed by atoms with Gasteiger partial charge >= 0.3 is 0 Å². The lowest BCUT2D eigenvalue weighted by Gasteiger charge is -2.47. The molecule has 146 valence electrons. The largest absolute Gasteiger partial charge is 0.371 e. The van der Waals surface area contributed by atoms with Crippen LogP contribution in [0.25, 0.3) is 0 Å². The summed E-state index contributed by atoms with van der Waals surface area (Å²) in [7, 11) is 0. The van der Waals surface area contributed by atoms with Gasteiger partial charge in [-0.2, -0.15) is 5.26 Å². The highest BCUT2D eigenvalue weighted by molar-refractivity contribution is 7.12. The molecule has 1 spiro atoms. The fraction of sp³-hybridized carbons (Fsp3) is 0.476. The fourth-order valence-electron chi connectivity index (χ4n) is 4.19. The molecule has 2 fully saturated rings. The Labute approximate surface area is 169 Å². The van der Waals surface area contributed by atoms with E-state index < -0.39 is 0 Å². The molecule has 0 aromatic carbocycles. The molecule has 2 aromatic rings. The van der Waals surface area contributed by atoms with Crippen molar-refractivity contribution >= 4 is 23.1 Å². The summed E-state index contributed by atoms with van der Waals surface area (Å²) >= 11 is 1.49. The Hall–Kier alpha value is -2.43. The molecule has 0 aliphatic carbocycles. The van der Waals surface area contributed by atoms with Gasteiger partial charge in [0.1, 0.15) is 11.9 Å². The van der Waals surface area contributed by atoms with E-state index in [2.05, 4.69) is 16.0 Å². The molecule has 1 amide bonds. The van der Waals surface area contributed by atoms with Crippen LogP contribution in [0, 0.1) is 25.2 Å². The van der Waals surface area contributed by atoms with Gasteiger partial charge in [0.2, 0.25) is 0 Å². The SMILES string of the molecule is Cc1cc(C)c(C#N)c(N2CCOC3(CCN(C(=O)c4cccs4)CC3)C2)n1. The van der Waals surface area contributed by atoms with E-state index in [0.717, 1.165) is 41.3 Å². The summed E-state index contributed by atoms with van der Waals surface area (Å²) in [4.78, 5) is 22.2. The quantitative estimate of drug-likeness (QED) is 0.780. The molecule has 0 unspecified atom stereocenters. The normalized spacial score (nSPS) is 18.9. The molecular formula is C21H24N4O2S. The zero-order valence-corrected chi connectivity index (χ0v) is 17.1. The first-order valence-corrected chi connectivity index (χ1v) is 10.5. The van der Waals surface area contributed by atoms with Gasteiger partial charge in [-0.1, -0.05) is 6.07 Å². The number of ether oxygens (including phenoxy) is 1. The molecule has 2 aromatic heterocycles. The van der Waals surface area contributed by atoms with Crippen LogP contribution < -0.4 is 4.90 Å². The number of piperidine rings is 1. The molecule has 0 N–H and O–H groups in total. The van der Waals surface area contributed by atoms with Gasteiger partial charge in [0, 0.05) is 31.9 Å². The number of pyridine rings is 1. The molecule has 2 aliphatic heterocycles. The summed E-state index contributed by atoms with van der Waals surface area (Å²) in [6.07, 6.45) is 1.60. The standard InChI is InChI=1S/C21H24N4O2S/c1-15-12-16(2)23-19(17(15)13-22)25-9-10-27-21(14-25)5-7-24(8-6-21)20(26)18-4-3-11-28-18/h3-4,11-12H,5-10,14H2,1-2H3. The topological polar surface area (TPSA) is 69.5 Å². The van der Waals surface area contributed by atoms with Crippen LogP contribution in [0.1, 0.15) is 39.3 Å². The van der Waals surface area contributed by atoms with Crippen molar-refractivity contribution in [2.75, 3.05) is 37.7 Å². The molecule has 4 rings (SSSR count). The number of aryl methyl sites for hydroxylation is 2. The second-order valence-corrected chi connectivity index (χ2v) is 8.56.